The third kappa shape index (κ3) is 5.03. The highest BCUT2D eigenvalue weighted by atomic mass is 16.6. The number of aromatic nitrogens is 1. The Morgan fingerprint density at radius 3 is 2.33 bits per heavy atom. The molecule has 1 atom stereocenters. The van der Waals surface area contributed by atoms with Crippen LogP contribution in [-0.4, -0.2) is 51.4 Å². The van der Waals surface area contributed by atoms with Crippen LogP contribution in [0.25, 0.3) is 10.9 Å². The van der Waals surface area contributed by atoms with E-state index in [-0.39, 0.29) is 12.1 Å². The van der Waals surface area contributed by atoms with Gasteiger partial charge in [0.25, 0.3) is 5.91 Å². The molecule has 0 bridgehead atoms. The molecule has 0 fully saturated rings. The molecule has 154 valence electrons. The number of rotatable bonds is 8. The molecule has 1 amide bonds. The van der Waals surface area contributed by atoms with E-state index in [0.717, 1.165) is 16.4 Å². The molecule has 1 N–H and O–H groups in total. The summed E-state index contributed by atoms with van der Waals surface area (Å²) in [5, 5.41) is 3.67. The Kier molecular flexibility index (Phi) is 7.16. The molecule has 0 radical (unpaired) electrons. The Morgan fingerprint density at radius 1 is 0.967 bits per heavy atom. The zero-order chi connectivity index (χ0) is 21.5. The van der Waals surface area contributed by atoms with Gasteiger partial charge >= 0.3 is 13.1 Å². The van der Waals surface area contributed by atoms with E-state index in [2.05, 4.69) is 10.3 Å². The molecule has 0 aliphatic heterocycles. The van der Waals surface area contributed by atoms with Crippen molar-refractivity contribution in [2.24, 2.45) is 0 Å². The van der Waals surface area contributed by atoms with E-state index in [4.69, 9.17) is 14.0 Å². The number of benzene rings is 2. The minimum Gasteiger partial charge on any atom is -0.467 e. The van der Waals surface area contributed by atoms with Crippen LogP contribution in [0.4, 0.5) is 0 Å². The number of methoxy groups -OCH3 is 1. The number of nitrogens with zero attached hydrogens (tertiary/aromatic N) is 1. The van der Waals surface area contributed by atoms with Crippen LogP contribution in [0.15, 0.2) is 60.7 Å². The first kappa shape index (κ1) is 21.5. The summed E-state index contributed by atoms with van der Waals surface area (Å²) in [6, 6.07) is 17.6. The van der Waals surface area contributed by atoms with Crippen LogP contribution in [0.2, 0.25) is 0 Å². The molecule has 2 aromatic carbocycles. The molecule has 7 nitrogen and oxygen atoms in total. The first-order valence-electron chi connectivity index (χ1n) is 9.44. The lowest BCUT2D eigenvalue weighted by atomic mass is 9.78. The topological polar surface area (TPSA) is 86.8 Å². The van der Waals surface area contributed by atoms with Crippen LogP contribution >= 0.6 is 0 Å². The highest BCUT2D eigenvalue weighted by Crippen LogP contribution is 2.12. The summed E-state index contributed by atoms with van der Waals surface area (Å²) in [5.74, 6) is -0.966. The SMILES string of the molecule is COB(OC)c1ccc(C[C@H](NC(=O)c2ccc3ccccc3n2)C(=O)OC)cc1. The zero-order valence-electron chi connectivity index (χ0n) is 17.1. The second kappa shape index (κ2) is 10.0. The van der Waals surface area contributed by atoms with Gasteiger partial charge in [0, 0.05) is 26.0 Å². The summed E-state index contributed by atoms with van der Waals surface area (Å²) >= 11 is 0. The minimum atomic E-state index is -0.845. The molecular weight excluding hydrogens is 383 g/mol. The van der Waals surface area contributed by atoms with Crippen LogP contribution in [-0.2, 0) is 25.3 Å². The molecular formula is C22H23BN2O5. The summed E-state index contributed by atoms with van der Waals surface area (Å²) in [7, 11) is 3.95. The molecule has 0 saturated carbocycles. The number of hydrogen-bond acceptors (Lipinski definition) is 6. The maximum absolute atomic E-state index is 12.7. The van der Waals surface area contributed by atoms with Gasteiger partial charge in [0.15, 0.2) is 0 Å². The number of pyridine rings is 1. The molecule has 1 aromatic heterocycles. The predicted molar refractivity (Wildman–Crippen MR) is 115 cm³/mol. The predicted octanol–water partition coefficient (Wildman–Crippen LogP) is 1.74. The largest absolute Gasteiger partial charge is 0.493 e. The van der Waals surface area contributed by atoms with Crippen molar-refractivity contribution in [3.05, 3.63) is 71.9 Å². The van der Waals surface area contributed by atoms with Crippen molar-refractivity contribution >= 4 is 35.4 Å². The van der Waals surface area contributed by atoms with Crippen molar-refractivity contribution in [2.45, 2.75) is 12.5 Å². The fraction of sp³-hybridized carbons (Fsp3) is 0.227. The molecule has 0 aliphatic rings. The maximum Gasteiger partial charge on any atom is 0.493 e. The molecule has 0 unspecified atom stereocenters. The summed E-state index contributed by atoms with van der Waals surface area (Å²) in [5.41, 5.74) is 2.65. The minimum absolute atomic E-state index is 0.237. The van der Waals surface area contributed by atoms with E-state index in [9.17, 15) is 9.59 Å². The van der Waals surface area contributed by atoms with E-state index < -0.39 is 25.0 Å². The van der Waals surface area contributed by atoms with E-state index in [1.807, 2.05) is 54.6 Å². The Hall–Kier alpha value is -3.23. The number of ether oxygens (including phenoxy) is 1. The third-order valence-corrected chi connectivity index (χ3v) is 4.74. The number of carbonyl (C=O) groups excluding carboxylic acids is 2. The van der Waals surface area contributed by atoms with E-state index in [1.54, 1.807) is 20.3 Å². The normalized spacial score (nSPS) is 11.7. The molecule has 0 spiro atoms. The van der Waals surface area contributed by atoms with Crippen LogP contribution < -0.4 is 10.8 Å². The highest BCUT2D eigenvalue weighted by Gasteiger charge is 2.24. The molecule has 3 aromatic rings. The van der Waals surface area contributed by atoms with Crippen LogP contribution in [0.5, 0.6) is 0 Å². The molecule has 30 heavy (non-hydrogen) atoms. The van der Waals surface area contributed by atoms with Crippen molar-refractivity contribution < 1.29 is 23.6 Å². The lowest BCUT2D eigenvalue weighted by Gasteiger charge is -2.17. The number of hydrogen-bond donors (Lipinski definition) is 1. The first-order chi connectivity index (χ1) is 14.5. The Bertz CT molecular complexity index is 1020. The van der Waals surface area contributed by atoms with Gasteiger partial charge in [0.1, 0.15) is 11.7 Å². The number of para-hydroxylation sites is 1. The molecule has 0 aliphatic carbocycles. The van der Waals surface area contributed by atoms with Gasteiger partial charge in [-0.15, -0.1) is 0 Å². The lowest BCUT2D eigenvalue weighted by molar-refractivity contribution is -0.142. The second-order valence-electron chi connectivity index (χ2n) is 6.69. The van der Waals surface area contributed by atoms with Crippen LogP contribution in [0, 0.1) is 0 Å². The number of esters is 1. The van der Waals surface area contributed by atoms with Crippen molar-refractivity contribution in [3.8, 4) is 0 Å². The van der Waals surface area contributed by atoms with Crippen molar-refractivity contribution in [1.29, 1.82) is 0 Å². The Morgan fingerprint density at radius 2 is 1.67 bits per heavy atom. The summed E-state index contributed by atoms with van der Waals surface area (Å²) in [4.78, 5) is 29.4. The lowest BCUT2D eigenvalue weighted by Crippen LogP contribution is -2.43. The zero-order valence-corrected chi connectivity index (χ0v) is 17.1. The Balaban J connectivity index is 1.75. The fourth-order valence-corrected chi connectivity index (χ4v) is 3.18. The fourth-order valence-electron chi connectivity index (χ4n) is 3.18. The molecule has 8 heteroatoms. The summed E-state index contributed by atoms with van der Waals surface area (Å²) < 4.78 is 15.3. The molecule has 0 saturated heterocycles. The van der Waals surface area contributed by atoms with Crippen molar-refractivity contribution in [1.82, 2.24) is 10.3 Å². The van der Waals surface area contributed by atoms with Crippen molar-refractivity contribution in [3.63, 3.8) is 0 Å². The number of fused-ring (bicyclic) bond motifs is 1. The quantitative estimate of drug-likeness (QED) is 0.453. The summed E-state index contributed by atoms with van der Waals surface area (Å²) in [6.07, 6.45) is 0.275. The number of carbonyl (C=O) groups is 2. The standard InChI is InChI=1S/C22H23BN2O5/c1-28-22(27)20(14-15-8-11-17(12-9-15)23(29-2)30-3)25-21(26)19-13-10-16-6-4-5-7-18(16)24-19/h4-13,20H,14H2,1-3H3,(H,25,26)/t20-/m0/s1. The maximum atomic E-state index is 12.7. The highest BCUT2D eigenvalue weighted by molar-refractivity contribution is 6.61. The molecule has 1 heterocycles. The summed E-state index contributed by atoms with van der Waals surface area (Å²) in [6.45, 7) is 0. The van der Waals surface area contributed by atoms with Gasteiger partial charge in [0.05, 0.1) is 12.6 Å². The van der Waals surface area contributed by atoms with Crippen molar-refractivity contribution in [2.75, 3.05) is 21.3 Å². The smallest absolute Gasteiger partial charge is 0.467 e. The number of nitrogens with one attached hydrogen (secondary N) is 1. The number of amides is 1. The van der Waals surface area contributed by atoms with Gasteiger partial charge in [-0.2, -0.15) is 0 Å². The average Bonchev–Trinajstić information content (AvgIpc) is 2.79. The first-order valence-corrected chi connectivity index (χ1v) is 9.44. The molecule has 3 rings (SSSR count). The van der Waals surface area contributed by atoms with E-state index >= 15 is 0 Å². The van der Waals surface area contributed by atoms with Gasteiger partial charge in [-0.05, 0) is 23.2 Å². The average molecular weight is 406 g/mol. The van der Waals surface area contributed by atoms with E-state index in [1.165, 1.54) is 7.11 Å². The van der Waals surface area contributed by atoms with Gasteiger partial charge < -0.3 is 19.4 Å². The van der Waals surface area contributed by atoms with Gasteiger partial charge in [-0.1, -0.05) is 48.5 Å². The third-order valence-electron chi connectivity index (χ3n) is 4.74. The van der Waals surface area contributed by atoms with E-state index in [0.29, 0.717) is 5.52 Å². The van der Waals surface area contributed by atoms with Gasteiger partial charge in [0.2, 0.25) is 0 Å². The second-order valence-corrected chi connectivity index (χ2v) is 6.69. The van der Waals surface area contributed by atoms with Gasteiger partial charge in [-0.3, -0.25) is 4.79 Å². The Labute approximate surface area is 175 Å². The van der Waals surface area contributed by atoms with Crippen LogP contribution in [0.3, 0.4) is 0 Å². The monoisotopic (exact) mass is 406 g/mol. The van der Waals surface area contributed by atoms with Gasteiger partial charge in [-0.25, -0.2) is 9.78 Å². The van der Waals surface area contributed by atoms with Crippen LogP contribution in [0.1, 0.15) is 16.1 Å².